The van der Waals surface area contributed by atoms with Gasteiger partial charge in [0.25, 0.3) is 5.91 Å². The minimum absolute atomic E-state index is 0.101. The van der Waals surface area contributed by atoms with Crippen LogP contribution < -0.4 is 19.7 Å². The smallest absolute Gasteiger partial charge is 0.255 e. The first-order chi connectivity index (χ1) is 12.6. The SMILES string of the molecule is COc1ccc(C(=O)Nc2ccc(N3CCCCC3=O)c(OC)c2)cc1. The van der Waals surface area contributed by atoms with Crippen LogP contribution in [0.2, 0.25) is 0 Å². The highest BCUT2D eigenvalue weighted by atomic mass is 16.5. The van der Waals surface area contributed by atoms with Crippen molar-refractivity contribution >= 4 is 23.2 Å². The fraction of sp³-hybridized carbons (Fsp3) is 0.300. The van der Waals surface area contributed by atoms with Crippen LogP contribution in [0.15, 0.2) is 42.5 Å². The van der Waals surface area contributed by atoms with E-state index in [-0.39, 0.29) is 11.8 Å². The molecule has 2 amide bonds. The van der Waals surface area contributed by atoms with Crippen LogP contribution in [0.5, 0.6) is 11.5 Å². The van der Waals surface area contributed by atoms with Crippen molar-refractivity contribution in [2.75, 3.05) is 31.0 Å². The number of piperidine rings is 1. The average molecular weight is 354 g/mol. The second-order valence-corrected chi connectivity index (χ2v) is 6.07. The second-order valence-electron chi connectivity index (χ2n) is 6.07. The van der Waals surface area contributed by atoms with Gasteiger partial charge < -0.3 is 19.7 Å². The summed E-state index contributed by atoms with van der Waals surface area (Å²) < 4.78 is 10.5. The zero-order valence-corrected chi connectivity index (χ0v) is 15.0. The second kappa shape index (κ2) is 7.91. The van der Waals surface area contributed by atoms with Gasteiger partial charge in [0.05, 0.1) is 19.9 Å². The maximum absolute atomic E-state index is 12.4. The van der Waals surface area contributed by atoms with E-state index in [1.54, 1.807) is 55.5 Å². The number of carbonyl (C=O) groups is 2. The quantitative estimate of drug-likeness (QED) is 0.893. The first-order valence-electron chi connectivity index (χ1n) is 8.56. The molecule has 0 aromatic heterocycles. The van der Waals surface area contributed by atoms with Gasteiger partial charge in [-0.2, -0.15) is 0 Å². The Morgan fingerprint density at radius 1 is 1.04 bits per heavy atom. The van der Waals surface area contributed by atoms with Crippen LogP contribution in [0.4, 0.5) is 11.4 Å². The number of methoxy groups -OCH3 is 2. The van der Waals surface area contributed by atoms with E-state index >= 15 is 0 Å². The number of hydrogen-bond donors (Lipinski definition) is 1. The lowest BCUT2D eigenvalue weighted by atomic mass is 10.1. The summed E-state index contributed by atoms with van der Waals surface area (Å²) in [5.41, 5.74) is 1.87. The van der Waals surface area contributed by atoms with E-state index in [4.69, 9.17) is 9.47 Å². The topological polar surface area (TPSA) is 67.9 Å². The van der Waals surface area contributed by atoms with Crippen LogP contribution in [0, 0.1) is 0 Å². The molecular weight excluding hydrogens is 332 g/mol. The summed E-state index contributed by atoms with van der Waals surface area (Å²) in [6.07, 6.45) is 2.46. The van der Waals surface area contributed by atoms with Crippen molar-refractivity contribution in [3.8, 4) is 11.5 Å². The van der Waals surface area contributed by atoms with E-state index < -0.39 is 0 Å². The zero-order chi connectivity index (χ0) is 18.5. The number of anilines is 2. The van der Waals surface area contributed by atoms with Gasteiger partial charge in [-0.05, 0) is 49.2 Å². The fourth-order valence-corrected chi connectivity index (χ4v) is 2.98. The molecule has 0 aliphatic carbocycles. The summed E-state index contributed by atoms with van der Waals surface area (Å²) in [6, 6.07) is 12.2. The Morgan fingerprint density at radius 3 is 2.46 bits per heavy atom. The van der Waals surface area contributed by atoms with Gasteiger partial charge in [0, 0.05) is 30.3 Å². The molecular formula is C20H22N2O4. The third-order valence-electron chi connectivity index (χ3n) is 4.40. The maximum Gasteiger partial charge on any atom is 0.255 e. The molecule has 1 saturated heterocycles. The number of carbonyl (C=O) groups excluding carboxylic acids is 2. The van der Waals surface area contributed by atoms with Crippen LogP contribution in [0.25, 0.3) is 0 Å². The molecule has 3 rings (SSSR count). The predicted molar refractivity (Wildman–Crippen MR) is 100 cm³/mol. The molecule has 0 spiro atoms. The molecule has 136 valence electrons. The van der Waals surface area contributed by atoms with Crippen LogP contribution in [0.1, 0.15) is 29.6 Å². The molecule has 2 aromatic rings. The predicted octanol–water partition coefficient (Wildman–Crippen LogP) is 3.47. The van der Waals surface area contributed by atoms with Gasteiger partial charge in [0.2, 0.25) is 5.91 Å². The van der Waals surface area contributed by atoms with Crippen molar-refractivity contribution in [3.05, 3.63) is 48.0 Å². The van der Waals surface area contributed by atoms with Crippen LogP contribution in [-0.4, -0.2) is 32.6 Å². The molecule has 6 heteroatoms. The Kier molecular flexibility index (Phi) is 5.41. The van der Waals surface area contributed by atoms with Crippen LogP contribution >= 0.6 is 0 Å². The van der Waals surface area contributed by atoms with E-state index in [2.05, 4.69) is 5.32 Å². The highest BCUT2D eigenvalue weighted by Gasteiger charge is 2.22. The minimum atomic E-state index is -0.225. The third-order valence-corrected chi connectivity index (χ3v) is 4.40. The van der Waals surface area contributed by atoms with Crippen molar-refractivity contribution < 1.29 is 19.1 Å². The molecule has 1 N–H and O–H groups in total. The molecule has 0 unspecified atom stereocenters. The van der Waals surface area contributed by atoms with Crippen molar-refractivity contribution in [2.24, 2.45) is 0 Å². The van der Waals surface area contributed by atoms with Gasteiger partial charge in [-0.15, -0.1) is 0 Å². The number of rotatable bonds is 5. The lowest BCUT2D eigenvalue weighted by Crippen LogP contribution is -2.35. The number of nitrogens with zero attached hydrogens (tertiary/aromatic N) is 1. The monoisotopic (exact) mass is 354 g/mol. The Labute approximate surface area is 152 Å². The molecule has 1 aliphatic rings. The fourth-order valence-electron chi connectivity index (χ4n) is 2.98. The minimum Gasteiger partial charge on any atom is -0.497 e. The lowest BCUT2D eigenvalue weighted by molar-refractivity contribution is -0.119. The normalized spacial score (nSPS) is 14.1. The number of nitrogens with one attached hydrogen (secondary N) is 1. The lowest BCUT2D eigenvalue weighted by Gasteiger charge is -2.28. The maximum atomic E-state index is 12.4. The van der Waals surface area contributed by atoms with E-state index in [1.165, 1.54) is 0 Å². The van der Waals surface area contributed by atoms with Gasteiger partial charge in [-0.1, -0.05) is 0 Å². The van der Waals surface area contributed by atoms with E-state index in [0.29, 0.717) is 35.7 Å². The summed E-state index contributed by atoms with van der Waals surface area (Å²) in [5.74, 6) is 1.13. The van der Waals surface area contributed by atoms with Crippen molar-refractivity contribution in [1.82, 2.24) is 0 Å². The third kappa shape index (κ3) is 3.79. The first-order valence-corrected chi connectivity index (χ1v) is 8.56. The van der Waals surface area contributed by atoms with E-state index in [0.717, 1.165) is 18.5 Å². The molecule has 26 heavy (non-hydrogen) atoms. The number of ether oxygens (including phenoxy) is 2. The summed E-state index contributed by atoms with van der Waals surface area (Å²) >= 11 is 0. The van der Waals surface area contributed by atoms with Gasteiger partial charge in [-0.3, -0.25) is 9.59 Å². The average Bonchev–Trinajstić information content (AvgIpc) is 2.68. The van der Waals surface area contributed by atoms with E-state index in [1.807, 2.05) is 6.07 Å². The number of benzene rings is 2. The Morgan fingerprint density at radius 2 is 1.81 bits per heavy atom. The Hall–Kier alpha value is -3.02. The molecule has 1 fully saturated rings. The molecule has 0 bridgehead atoms. The first kappa shape index (κ1) is 17.8. The highest BCUT2D eigenvalue weighted by molar-refractivity contribution is 6.04. The number of amides is 2. The van der Waals surface area contributed by atoms with Gasteiger partial charge in [-0.25, -0.2) is 0 Å². The Balaban J connectivity index is 1.78. The van der Waals surface area contributed by atoms with Gasteiger partial charge >= 0.3 is 0 Å². The number of hydrogen-bond acceptors (Lipinski definition) is 4. The van der Waals surface area contributed by atoms with Gasteiger partial charge in [0.15, 0.2) is 0 Å². The zero-order valence-electron chi connectivity index (χ0n) is 15.0. The van der Waals surface area contributed by atoms with E-state index in [9.17, 15) is 9.59 Å². The van der Waals surface area contributed by atoms with Crippen molar-refractivity contribution in [1.29, 1.82) is 0 Å². The molecule has 1 aliphatic heterocycles. The standard InChI is InChI=1S/C20H22N2O4/c1-25-16-9-6-14(7-10-16)20(24)21-15-8-11-17(18(13-15)26-2)22-12-4-3-5-19(22)23/h6-11,13H,3-5,12H2,1-2H3,(H,21,24). The highest BCUT2D eigenvalue weighted by Crippen LogP contribution is 2.33. The molecule has 0 atom stereocenters. The molecule has 1 heterocycles. The molecule has 6 nitrogen and oxygen atoms in total. The van der Waals surface area contributed by atoms with Crippen molar-refractivity contribution in [3.63, 3.8) is 0 Å². The summed E-state index contributed by atoms with van der Waals surface area (Å²) in [7, 11) is 3.14. The molecule has 0 radical (unpaired) electrons. The largest absolute Gasteiger partial charge is 0.497 e. The summed E-state index contributed by atoms with van der Waals surface area (Å²) in [4.78, 5) is 26.3. The summed E-state index contributed by atoms with van der Waals surface area (Å²) in [5, 5.41) is 2.85. The van der Waals surface area contributed by atoms with Crippen LogP contribution in [0.3, 0.4) is 0 Å². The molecule has 2 aromatic carbocycles. The summed E-state index contributed by atoms with van der Waals surface area (Å²) in [6.45, 7) is 0.687. The van der Waals surface area contributed by atoms with Gasteiger partial charge in [0.1, 0.15) is 11.5 Å². The van der Waals surface area contributed by atoms with Crippen LogP contribution in [-0.2, 0) is 4.79 Å². The Bertz CT molecular complexity index is 802. The molecule has 0 saturated carbocycles. The van der Waals surface area contributed by atoms with Crippen molar-refractivity contribution in [2.45, 2.75) is 19.3 Å².